The van der Waals surface area contributed by atoms with Crippen molar-refractivity contribution in [1.29, 1.82) is 0 Å². The van der Waals surface area contributed by atoms with E-state index in [9.17, 15) is 0 Å². The molecule has 0 atom stereocenters. The molecular weight excluding hydrogens is 189 g/mol. The Balaban J connectivity index is -0.00000000800. The summed E-state index contributed by atoms with van der Waals surface area (Å²) in [4.78, 5) is 21.6. The van der Waals surface area contributed by atoms with Crippen molar-refractivity contribution >= 4 is 7.82 Å². The molecule has 0 aromatic heterocycles. The number of hydrogen-bond donors (Lipinski definition) is 3. The summed E-state index contributed by atoms with van der Waals surface area (Å²) in [6, 6.07) is 0. The van der Waals surface area contributed by atoms with Gasteiger partial charge in [-0.1, -0.05) is 0 Å². The van der Waals surface area contributed by atoms with Crippen molar-refractivity contribution in [2.24, 2.45) is 0 Å². The molecule has 0 rings (SSSR count). The summed E-state index contributed by atoms with van der Waals surface area (Å²) in [5, 5.41) is 0. The quantitative estimate of drug-likeness (QED) is 0.264. The number of rotatable bonds is 0. The van der Waals surface area contributed by atoms with E-state index in [2.05, 4.69) is 0 Å². The van der Waals surface area contributed by atoms with Crippen LogP contribution in [-0.2, 0) is 26.3 Å². The summed E-state index contributed by atoms with van der Waals surface area (Å²) in [5.74, 6) is 0. The summed E-state index contributed by atoms with van der Waals surface area (Å²) in [5.41, 5.74) is 0. The fraction of sp³-hybridized carbons (Fsp3) is 0. The van der Waals surface area contributed by atoms with Gasteiger partial charge < -0.3 is 17.5 Å². The van der Waals surface area contributed by atoms with E-state index in [4.69, 9.17) is 19.2 Å². The molecule has 0 unspecified atom stereocenters. The Kier molecular flexibility index (Phi) is 27.5. The molecule has 0 aliphatic rings. The molecule has 0 spiro atoms. The molecule has 0 aromatic carbocycles. The molecule has 3 N–H and O–H groups in total. The Morgan fingerprint density at radius 1 is 1.12 bits per heavy atom. The molecule has 0 radical (unpaired) electrons. The molecule has 0 bridgehead atoms. The zero-order valence-corrected chi connectivity index (χ0v) is 11.2. The predicted octanol–water partition coefficient (Wildman–Crippen LogP) is -6.70. The van der Waals surface area contributed by atoms with E-state index in [1.807, 2.05) is 0 Å². The molecule has 0 fully saturated rings. The fourth-order valence-corrected chi connectivity index (χ4v) is 0. The summed E-state index contributed by atoms with van der Waals surface area (Å²) in [6.45, 7) is 0. The van der Waals surface area contributed by atoms with E-state index in [0.717, 1.165) is 0 Å². The monoisotopic (exact) mass is 194 g/mol. The SMILES string of the molecule is O=P(O)(O)O.[H-].[H-].[Na+].[Na+].[Ti]. The van der Waals surface area contributed by atoms with Crippen LogP contribution in [0.25, 0.3) is 0 Å². The molecule has 0 amide bonds. The van der Waals surface area contributed by atoms with Gasteiger partial charge in [-0.3, -0.25) is 0 Å². The second-order valence-electron chi connectivity index (χ2n) is 0.513. The summed E-state index contributed by atoms with van der Waals surface area (Å²) in [6.07, 6.45) is 0. The number of hydrogen-bond acceptors (Lipinski definition) is 1. The van der Waals surface area contributed by atoms with Crippen LogP contribution >= 0.6 is 7.82 Å². The van der Waals surface area contributed by atoms with E-state index >= 15 is 0 Å². The van der Waals surface area contributed by atoms with Crippen molar-refractivity contribution in [2.45, 2.75) is 0 Å². The number of phosphoric acid groups is 1. The summed E-state index contributed by atoms with van der Waals surface area (Å²) >= 11 is 0. The second kappa shape index (κ2) is 9.82. The van der Waals surface area contributed by atoms with Crippen LogP contribution in [0.1, 0.15) is 2.85 Å². The molecule has 4 nitrogen and oxygen atoms in total. The van der Waals surface area contributed by atoms with Gasteiger partial charge in [0.15, 0.2) is 0 Å². The van der Waals surface area contributed by atoms with Crippen molar-refractivity contribution in [1.82, 2.24) is 0 Å². The van der Waals surface area contributed by atoms with Crippen LogP contribution < -0.4 is 59.1 Å². The van der Waals surface area contributed by atoms with Crippen LogP contribution in [0.3, 0.4) is 0 Å². The van der Waals surface area contributed by atoms with Gasteiger partial charge in [-0.15, -0.1) is 0 Å². The molecule has 0 aromatic rings. The van der Waals surface area contributed by atoms with E-state index in [0.29, 0.717) is 0 Å². The maximum atomic E-state index is 8.88. The van der Waals surface area contributed by atoms with Crippen molar-refractivity contribution in [3.8, 4) is 0 Å². The zero-order chi connectivity index (χ0) is 4.50. The maximum Gasteiger partial charge on any atom is 1.00 e. The predicted molar refractivity (Wildman–Crippen MR) is 16.5 cm³/mol. The van der Waals surface area contributed by atoms with Gasteiger partial charge in [0.2, 0.25) is 0 Å². The van der Waals surface area contributed by atoms with E-state index < -0.39 is 7.82 Å². The van der Waals surface area contributed by atoms with Gasteiger partial charge in [0, 0.05) is 21.7 Å². The van der Waals surface area contributed by atoms with Crippen molar-refractivity contribution < 1.29 is 103 Å². The van der Waals surface area contributed by atoms with Crippen LogP contribution in [0.15, 0.2) is 0 Å². The van der Waals surface area contributed by atoms with E-state index in [1.54, 1.807) is 0 Å². The Hall–Kier alpha value is 2.82. The third-order valence-corrected chi connectivity index (χ3v) is 0. The fourth-order valence-electron chi connectivity index (χ4n) is 0. The molecule has 8 heteroatoms. The van der Waals surface area contributed by atoms with Crippen LogP contribution in [0.5, 0.6) is 0 Å². The smallest absolute Gasteiger partial charge is 1.00 e. The third-order valence-electron chi connectivity index (χ3n) is 0. The molecule has 40 valence electrons. The molecule has 0 heterocycles. The van der Waals surface area contributed by atoms with Gasteiger partial charge in [-0.25, -0.2) is 4.57 Å². The largest absolute Gasteiger partial charge is 1.00 e. The summed E-state index contributed by atoms with van der Waals surface area (Å²) in [7, 11) is -4.64. The van der Waals surface area contributed by atoms with Gasteiger partial charge in [0.25, 0.3) is 0 Å². The normalized spacial score (nSPS) is 7.38. The standard InChI is InChI=1S/2Na.H3O4P.Ti.2H/c;;1-5(2,3)4;;;/h;;(H3,1,2,3,4);;;/q2*+1;;;2*-1. The Bertz CT molecular complexity index is 67.4. The first-order valence-corrected chi connectivity index (χ1v) is 2.35. The second-order valence-corrected chi connectivity index (χ2v) is 1.54. The Labute approximate surface area is 109 Å². The minimum absolute atomic E-state index is 0. The van der Waals surface area contributed by atoms with Gasteiger partial charge in [-0.05, 0) is 0 Å². The first kappa shape index (κ1) is 22.4. The van der Waals surface area contributed by atoms with E-state index in [1.165, 1.54) is 0 Å². The molecule has 8 heavy (non-hydrogen) atoms. The van der Waals surface area contributed by atoms with Crippen LogP contribution in [0, 0.1) is 0 Å². The van der Waals surface area contributed by atoms with E-state index in [-0.39, 0.29) is 83.7 Å². The van der Waals surface area contributed by atoms with Crippen molar-refractivity contribution in [2.75, 3.05) is 0 Å². The van der Waals surface area contributed by atoms with Crippen LogP contribution in [-0.4, -0.2) is 14.7 Å². The van der Waals surface area contributed by atoms with Crippen molar-refractivity contribution in [3.63, 3.8) is 0 Å². The first-order valence-electron chi connectivity index (χ1n) is 0.783. The minimum Gasteiger partial charge on any atom is -1.00 e. The molecule has 0 saturated heterocycles. The third kappa shape index (κ3) is 67.7. The van der Waals surface area contributed by atoms with Crippen molar-refractivity contribution in [3.05, 3.63) is 0 Å². The Morgan fingerprint density at radius 2 is 1.12 bits per heavy atom. The van der Waals surface area contributed by atoms with Gasteiger partial charge >= 0.3 is 66.9 Å². The summed E-state index contributed by atoms with van der Waals surface area (Å²) < 4.78 is 8.88. The average molecular weight is 194 g/mol. The van der Waals surface area contributed by atoms with Gasteiger partial charge in [0.05, 0.1) is 0 Å². The van der Waals surface area contributed by atoms with Gasteiger partial charge in [0.1, 0.15) is 0 Å². The van der Waals surface area contributed by atoms with Crippen LogP contribution in [0.4, 0.5) is 0 Å². The molecule has 0 aliphatic heterocycles. The minimum atomic E-state index is -4.64. The molecule has 0 aliphatic carbocycles. The van der Waals surface area contributed by atoms with Crippen LogP contribution in [0.2, 0.25) is 0 Å². The zero-order valence-electron chi connectivity index (χ0n) is 6.70. The maximum absolute atomic E-state index is 8.88. The molecule has 0 saturated carbocycles. The van der Waals surface area contributed by atoms with Gasteiger partial charge in [-0.2, -0.15) is 0 Å². The average Bonchev–Trinajstić information content (AvgIpc) is 0.722. The first-order chi connectivity index (χ1) is 2.00. The topological polar surface area (TPSA) is 77.8 Å². The molecular formula is H5Na2O4PTi. The Morgan fingerprint density at radius 3 is 1.12 bits per heavy atom.